The lowest BCUT2D eigenvalue weighted by Crippen LogP contribution is -2.06. The Morgan fingerprint density at radius 3 is 1.08 bits per heavy atom. The number of hydrogen-bond donors (Lipinski definition) is 0. The number of nitrogens with zero attached hydrogens (tertiary/aromatic N) is 5. The molecule has 0 unspecified atom stereocenters. The van der Waals surface area contributed by atoms with Gasteiger partial charge in [-0.25, -0.2) is 15.0 Å². The molecule has 5 nitrogen and oxygen atoms in total. The van der Waals surface area contributed by atoms with E-state index in [1.807, 2.05) is 36.4 Å². The lowest BCUT2D eigenvalue weighted by molar-refractivity contribution is 1.07. The summed E-state index contributed by atoms with van der Waals surface area (Å²) in [5, 5.41) is 9.60. The van der Waals surface area contributed by atoms with E-state index in [0.29, 0.717) is 17.5 Å². The highest BCUT2D eigenvalue weighted by Gasteiger charge is 2.25. The summed E-state index contributed by atoms with van der Waals surface area (Å²) < 4.78 is 4.90. The van der Waals surface area contributed by atoms with Crippen LogP contribution in [0.25, 0.3) is 122 Å². The Kier molecular flexibility index (Phi) is 8.15. The normalized spacial score (nSPS) is 11.8. The van der Waals surface area contributed by atoms with E-state index in [1.165, 1.54) is 43.1 Å². The van der Waals surface area contributed by atoms with E-state index in [1.54, 1.807) is 0 Å². The van der Waals surface area contributed by atoms with Crippen LogP contribution in [0.2, 0.25) is 0 Å². The first-order valence-electron chi connectivity index (χ1n) is 21.7. The van der Waals surface area contributed by atoms with Gasteiger partial charge in [-0.15, -0.1) is 0 Å². The van der Waals surface area contributed by atoms with Crippen molar-refractivity contribution in [3.05, 3.63) is 224 Å². The Labute approximate surface area is 368 Å². The predicted molar refractivity (Wildman–Crippen MR) is 265 cm³/mol. The molecule has 13 aromatic rings. The molecule has 64 heavy (non-hydrogen) atoms. The molecule has 0 atom stereocenters. The van der Waals surface area contributed by atoms with E-state index < -0.39 is 0 Å². The number of para-hydroxylation sites is 4. The highest BCUT2D eigenvalue weighted by Crippen LogP contribution is 2.45. The molecule has 0 N–H and O–H groups in total. The van der Waals surface area contributed by atoms with Crippen LogP contribution in [-0.2, 0) is 0 Å². The predicted octanol–water partition coefficient (Wildman–Crippen LogP) is 15.0. The van der Waals surface area contributed by atoms with Gasteiger partial charge in [-0.2, -0.15) is 0 Å². The molecule has 0 aliphatic carbocycles. The van der Waals surface area contributed by atoms with E-state index in [4.69, 9.17) is 15.0 Å². The second-order valence-corrected chi connectivity index (χ2v) is 16.4. The fraction of sp³-hybridized carbons (Fsp3) is 0. The highest BCUT2D eigenvalue weighted by atomic mass is 15.1. The van der Waals surface area contributed by atoms with E-state index in [-0.39, 0.29) is 0 Å². The topological polar surface area (TPSA) is 48.5 Å². The van der Waals surface area contributed by atoms with Crippen LogP contribution in [0.4, 0.5) is 0 Å². The second-order valence-electron chi connectivity index (χ2n) is 16.4. The van der Waals surface area contributed by atoms with Gasteiger partial charge in [0.25, 0.3) is 0 Å². The molecular weight excluding hydrogens is 779 g/mol. The summed E-state index contributed by atoms with van der Waals surface area (Å²) in [5.41, 5.74) is 11.4. The van der Waals surface area contributed by atoms with E-state index in [0.717, 1.165) is 61.3 Å². The van der Waals surface area contributed by atoms with Crippen molar-refractivity contribution in [3.8, 4) is 56.7 Å². The maximum atomic E-state index is 5.33. The summed E-state index contributed by atoms with van der Waals surface area (Å²) in [6.45, 7) is 0. The first kappa shape index (κ1) is 36.0. The molecule has 0 amide bonds. The minimum atomic E-state index is 0.591. The van der Waals surface area contributed by atoms with Crippen molar-refractivity contribution in [2.75, 3.05) is 0 Å². The van der Waals surface area contributed by atoms with Gasteiger partial charge in [-0.1, -0.05) is 182 Å². The standard InChI is InChI=1S/C59H37N5/c1-3-18-40(19-4-1)57-60-58(41-20-5-2-6-21-41)62-59(61-57)43-36-54(63-50-27-13-9-23-45(50)46-24-10-14-28-51(46)63)56(42-34-33-39-32-31-38-17-7-8-22-44(38)49(39)35-42)55(37-43)64-52-29-15-11-25-47(52)48-26-12-16-30-53(48)64/h1-37H. The molecule has 0 radical (unpaired) electrons. The summed E-state index contributed by atoms with van der Waals surface area (Å²) in [4.78, 5) is 15.8. The summed E-state index contributed by atoms with van der Waals surface area (Å²) in [5.74, 6) is 1.83. The van der Waals surface area contributed by atoms with Gasteiger partial charge < -0.3 is 9.13 Å². The third-order valence-electron chi connectivity index (χ3n) is 12.7. The maximum absolute atomic E-state index is 5.33. The van der Waals surface area contributed by atoms with Gasteiger partial charge in [0.2, 0.25) is 0 Å². The Morgan fingerprint density at radius 1 is 0.250 bits per heavy atom. The average molecular weight is 816 g/mol. The van der Waals surface area contributed by atoms with Crippen molar-refractivity contribution < 1.29 is 0 Å². The number of fused-ring (bicyclic) bond motifs is 9. The summed E-state index contributed by atoms with van der Waals surface area (Å²) >= 11 is 0. The second kappa shape index (κ2) is 14.5. The van der Waals surface area contributed by atoms with Crippen molar-refractivity contribution in [2.45, 2.75) is 0 Å². The SMILES string of the molecule is c1ccc(-c2nc(-c3ccccc3)nc(-c3cc(-n4c5ccccc5c5ccccc54)c(-c4ccc5ccc6ccccc6c5c4)c(-n4c5ccccc5c5ccccc54)c3)n2)cc1. The lowest BCUT2D eigenvalue weighted by Gasteiger charge is -2.22. The van der Waals surface area contributed by atoms with Crippen LogP contribution < -0.4 is 0 Å². The van der Waals surface area contributed by atoms with Crippen molar-refractivity contribution in [1.29, 1.82) is 0 Å². The van der Waals surface area contributed by atoms with Crippen molar-refractivity contribution >= 4 is 65.2 Å². The molecule has 10 aromatic carbocycles. The molecule has 0 fully saturated rings. The molecule has 0 saturated heterocycles. The summed E-state index contributed by atoms with van der Waals surface area (Å²) in [7, 11) is 0. The Hall–Kier alpha value is -8.67. The molecular formula is C59H37N5. The molecule has 13 rings (SSSR count). The first-order valence-corrected chi connectivity index (χ1v) is 21.7. The minimum absolute atomic E-state index is 0.591. The molecule has 3 heterocycles. The zero-order valence-corrected chi connectivity index (χ0v) is 34.6. The monoisotopic (exact) mass is 815 g/mol. The van der Waals surface area contributed by atoms with Crippen LogP contribution in [0.15, 0.2) is 224 Å². The number of aromatic nitrogens is 5. The Bertz CT molecular complexity index is 3660. The first-order chi connectivity index (χ1) is 31.7. The van der Waals surface area contributed by atoms with Gasteiger partial charge in [0, 0.05) is 43.8 Å². The molecule has 0 aliphatic heterocycles. The van der Waals surface area contributed by atoms with Crippen LogP contribution in [0.1, 0.15) is 0 Å². The van der Waals surface area contributed by atoms with E-state index >= 15 is 0 Å². The average Bonchev–Trinajstić information content (AvgIpc) is 3.89. The van der Waals surface area contributed by atoms with E-state index in [2.05, 4.69) is 197 Å². The zero-order valence-electron chi connectivity index (χ0n) is 34.6. The lowest BCUT2D eigenvalue weighted by atomic mass is 9.93. The molecule has 0 saturated carbocycles. The van der Waals surface area contributed by atoms with Gasteiger partial charge in [0.15, 0.2) is 17.5 Å². The zero-order chi connectivity index (χ0) is 42.1. The highest BCUT2D eigenvalue weighted by molar-refractivity contribution is 6.13. The van der Waals surface area contributed by atoms with Crippen LogP contribution in [0.3, 0.4) is 0 Å². The van der Waals surface area contributed by atoms with Gasteiger partial charge in [-0.05, 0) is 69.6 Å². The third kappa shape index (κ3) is 5.68. The van der Waals surface area contributed by atoms with Gasteiger partial charge >= 0.3 is 0 Å². The van der Waals surface area contributed by atoms with Crippen LogP contribution in [0, 0.1) is 0 Å². The smallest absolute Gasteiger partial charge is 0.164 e. The van der Waals surface area contributed by atoms with E-state index in [9.17, 15) is 0 Å². The van der Waals surface area contributed by atoms with Crippen LogP contribution >= 0.6 is 0 Å². The summed E-state index contributed by atoms with van der Waals surface area (Å²) in [6, 6.07) is 80.1. The quantitative estimate of drug-likeness (QED) is 0.157. The molecule has 298 valence electrons. The largest absolute Gasteiger partial charge is 0.309 e. The molecule has 5 heteroatoms. The van der Waals surface area contributed by atoms with Crippen LogP contribution in [0.5, 0.6) is 0 Å². The molecule has 0 bridgehead atoms. The number of rotatable bonds is 6. The summed E-state index contributed by atoms with van der Waals surface area (Å²) in [6.07, 6.45) is 0. The fourth-order valence-electron chi connectivity index (χ4n) is 9.85. The van der Waals surface area contributed by atoms with Crippen molar-refractivity contribution in [2.24, 2.45) is 0 Å². The van der Waals surface area contributed by atoms with Crippen LogP contribution in [-0.4, -0.2) is 24.1 Å². The minimum Gasteiger partial charge on any atom is -0.309 e. The number of benzene rings is 10. The van der Waals surface area contributed by atoms with Gasteiger partial charge in [0.1, 0.15) is 0 Å². The fourth-order valence-corrected chi connectivity index (χ4v) is 9.85. The molecule has 3 aromatic heterocycles. The Morgan fingerprint density at radius 2 is 0.609 bits per heavy atom. The molecule has 0 aliphatic rings. The van der Waals surface area contributed by atoms with Crippen molar-refractivity contribution in [1.82, 2.24) is 24.1 Å². The maximum Gasteiger partial charge on any atom is 0.164 e. The van der Waals surface area contributed by atoms with Gasteiger partial charge in [-0.3, -0.25) is 0 Å². The Balaban J connectivity index is 1.23. The van der Waals surface area contributed by atoms with Crippen molar-refractivity contribution in [3.63, 3.8) is 0 Å². The van der Waals surface area contributed by atoms with Gasteiger partial charge in [0.05, 0.1) is 33.4 Å². The third-order valence-corrected chi connectivity index (χ3v) is 12.7. The number of hydrogen-bond acceptors (Lipinski definition) is 3. The molecule has 0 spiro atoms.